The molecule has 110 valence electrons. The van der Waals surface area contributed by atoms with Gasteiger partial charge in [0.25, 0.3) is 5.69 Å². The van der Waals surface area contributed by atoms with Crippen molar-refractivity contribution in [3.63, 3.8) is 0 Å². The van der Waals surface area contributed by atoms with Gasteiger partial charge in [-0.05, 0) is 43.6 Å². The van der Waals surface area contributed by atoms with Crippen LogP contribution in [-0.4, -0.2) is 11.5 Å². The van der Waals surface area contributed by atoms with Gasteiger partial charge >= 0.3 is 0 Å². The van der Waals surface area contributed by atoms with Crippen LogP contribution >= 0.6 is 0 Å². The Labute approximate surface area is 120 Å². The zero-order valence-electron chi connectivity index (χ0n) is 12.2. The lowest BCUT2D eigenvalue weighted by molar-refractivity contribution is -0.385. The number of benzene rings is 1. The molecule has 0 aromatic heterocycles. The van der Waals surface area contributed by atoms with Crippen molar-refractivity contribution in [2.75, 3.05) is 6.54 Å². The second-order valence-electron chi connectivity index (χ2n) is 6.29. The molecular weight excluding hydrogens is 252 g/mol. The van der Waals surface area contributed by atoms with Crippen molar-refractivity contribution in [2.24, 2.45) is 17.1 Å². The quantitative estimate of drug-likeness (QED) is 0.658. The molecule has 2 N–H and O–H groups in total. The molecule has 2 unspecified atom stereocenters. The predicted molar refractivity (Wildman–Crippen MR) is 80.5 cm³/mol. The number of aryl methyl sites for hydroxylation is 1. The summed E-state index contributed by atoms with van der Waals surface area (Å²) in [5, 5.41) is 11.1. The third-order valence-electron chi connectivity index (χ3n) is 4.73. The molecule has 1 aliphatic rings. The highest BCUT2D eigenvalue weighted by Gasteiger charge is 2.33. The number of rotatable bonds is 5. The Morgan fingerprint density at radius 2 is 2.20 bits per heavy atom. The van der Waals surface area contributed by atoms with Crippen molar-refractivity contribution in [3.05, 3.63) is 39.9 Å². The fraction of sp³-hybridized carbons (Fsp3) is 0.625. The number of nitro groups is 1. The molecule has 1 fully saturated rings. The van der Waals surface area contributed by atoms with Gasteiger partial charge in [-0.3, -0.25) is 10.1 Å². The third-order valence-corrected chi connectivity index (χ3v) is 4.73. The van der Waals surface area contributed by atoms with Gasteiger partial charge in [-0.2, -0.15) is 0 Å². The molecule has 1 aromatic carbocycles. The minimum absolute atomic E-state index is 0.182. The van der Waals surface area contributed by atoms with Crippen LogP contribution in [0.2, 0.25) is 0 Å². The molecule has 1 aromatic rings. The monoisotopic (exact) mass is 276 g/mol. The summed E-state index contributed by atoms with van der Waals surface area (Å²) in [5.74, 6) is 0.720. The average molecular weight is 276 g/mol. The smallest absolute Gasteiger partial charge is 0.272 e. The van der Waals surface area contributed by atoms with E-state index in [0.29, 0.717) is 6.54 Å². The highest BCUT2D eigenvalue weighted by Crippen LogP contribution is 2.42. The molecule has 0 bridgehead atoms. The molecule has 2 rings (SSSR count). The number of para-hydroxylation sites is 1. The minimum atomic E-state index is -0.284. The van der Waals surface area contributed by atoms with E-state index in [1.165, 1.54) is 12.8 Å². The van der Waals surface area contributed by atoms with Crippen molar-refractivity contribution >= 4 is 5.69 Å². The molecule has 1 aliphatic carbocycles. The molecule has 0 spiro atoms. The van der Waals surface area contributed by atoms with Gasteiger partial charge in [-0.15, -0.1) is 0 Å². The van der Waals surface area contributed by atoms with Gasteiger partial charge in [-0.1, -0.05) is 38.0 Å². The second kappa shape index (κ2) is 6.35. The lowest BCUT2D eigenvalue weighted by atomic mass is 9.67. The molecule has 4 nitrogen and oxygen atoms in total. The average Bonchev–Trinajstić information content (AvgIpc) is 2.45. The Morgan fingerprint density at radius 3 is 2.85 bits per heavy atom. The van der Waals surface area contributed by atoms with E-state index in [-0.39, 0.29) is 16.0 Å². The molecule has 0 saturated heterocycles. The standard InChI is InChI=1S/C16H24N2O2/c1-13-5-4-9-16(11-13,12-17)10-8-14-6-2-3-7-15(14)18(19)20/h2-3,6-7,13H,4-5,8-12,17H2,1H3. The lowest BCUT2D eigenvalue weighted by Gasteiger charge is -2.39. The fourth-order valence-electron chi connectivity index (χ4n) is 3.58. The fourth-order valence-corrected chi connectivity index (χ4v) is 3.58. The lowest BCUT2D eigenvalue weighted by Crippen LogP contribution is -2.35. The predicted octanol–water partition coefficient (Wildman–Crippen LogP) is 3.68. The molecule has 20 heavy (non-hydrogen) atoms. The van der Waals surface area contributed by atoms with E-state index >= 15 is 0 Å². The third kappa shape index (κ3) is 3.37. The maximum Gasteiger partial charge on any atom is 0.272 e. The summed E-state index contributed by atoms with van der Waals surface area (Å²) in [7, 11) is 0. The normalized spacial score (nSPS) is 26.4. The first-order valence-corrected chi connectivity index (χ1v) is 7.49. The summed E-state index contributed by atoms with van der Waals surface area (Å²) in [5.41, 5.74) is 7.29. The van der Waals surface area contributed by atoms with Crippen LogP contribution in [0.15, 0.2) is 24.3 Å². The van der Waals surface area contributed by atoms with Crippen LogP contribution in [-0.2, 0) is 6.42 Å². The Morgan fingerprint density at radius 1 is 1.45 bits per heavy atom. The van der Waals surface area contributed by atoms with Crippen LogP contribution in [0, 0.1) is 21.4 Å². The van der Waals surface area contributed by atoms with Crippen molar-refractivity contribution in [1.29, 1.82) is 0 Å². The van der Waals surface area contributed by atoms with Crippen LogP contribution in [0.1, 0.15) is 44.6 Å². The number of nitrogens with zero attached hydrogens (tertiary/aromatic N) is 1. The Balaban J connectivity index is 2.09. The van der Waals surface area contributed by atoms with Crippen molar-refractivity contribution in [2.45, 2.75) is 45.4 Å². The van der Waals surface area contributed by atoms with E-state index in [9.17, 15) is 10.1 Å². The summed E-state index contributed by atoms with van der Waals surface area (Å²) in [6.07, 6.45) is 6.54. The molecule has 2 atom stereocenters. The topological polar surface area (TPSA) is 69.2 Å². The molecule has 0 aliphatic heterocycles. The number of nitrogens with two attached hydrogens (primary N) is 1. The first-order chi connectivity index (χ1) is 9.56. The molecule has 4 heteroatoms. The first kappa shape index (κ1) is 15.0. The summed E-state index contributed by atoms with van der Waals surface area (Å²) in [4.78, 5) is 10.8. The van der Waals surface area contributed by atoms with E-state index in [0.717, 1.165) is 37.2 Å². The minimum Gasteiger partial charge on any atom is -0.330 e. The molecule has 0 heterocycles. The van der Waals surface area contributed by atoms with Crippen LogP contribution in [0.25, 0.3) is 0 Å². The van der Waals surface area contributed by atoms with E-state index in [1.807, 2.05) is 12.1 Å². The maximum absolute atomic E-state index is 11.1. The second-order valence-corrected chi connectivity index (χ2v) is 6.29. The zero-order chi connectivity index (χ0) is 14.6. The van der Waals surface area contributed by atoms with Gasteiger partial charge in [-0.25, -0.2) is 0 Å². The van der Waals surface area contributed by atoms with Gasteiger partial charge in [0.2, 0.25) is 0 Å². The summed E-state index contributed by atoms with van der Waals surface area (Å²) in [6, 6.07) is 7.06. The van der Waals surface area contributed by atoms with Crippen LogP contribution in [0.4, 0.5) is 5.69 Å². The Hall–Kier alpha value is -1.42. The maximum atomic E-state index is 11.1. The number of nitro benzene ring substituents is 1. The van der Waals surface area contributed by atoms with Crippen LogP contribution in [0.5, 0.6) is 0 Å². The molecule has 0 radical (unpaired) electrons. The van der Waals surface area contributed by atoms with Gasteiger partial charge in [0.05, 0.1) is 4.92 Å². The SMILES string of the molecule is CC1CCCC(CN)(CCc2ccccc2[N+](=O)[O-])C1. The molecule has 1 saturated carbocycles. The van der Waals surface area contributed by atoms with E-state index in [4.69, 9.17) is 5.73 Å². The molecule has 0 amide bonds. The molecular formula is C16H24N2O2. The van der Waals surface area contributed by atoms with Gasteiger partial charge in [0, 0.05) is 11.6 Å². The van der Waals surface area contributed by atoms with Gasteiger partial charge < -0.3 is 5.73 Å². The van der Waals surface area contributed by atoms with Crippen molar-refractivity contribution in [1.82, 2.24) is 0 Å². The van der Waals surface area contributed by atoms with E-state index in [1.54, 1.807) is 12.1 Å². The largest absolute Gasteiger partial charge is 0.330 e. The van der Waals surface area contributed by atoms with E-state index < -0.39 is 0 Å². The van der Waals surface area contributed by atoms with Crippen LogP contribution in [0.3, 0.4) is 0 Å². The summed E-state index contributed by atoms with van der Waals surface area (Å²) >= 11 is 0. The first-order valence-electron chi connectivity index (χ1n) is 7.49. The van der Waals surface area contributed by atoms with E-state index in [2.05, 4.69) is 6.92 Å². The van der Waals surface area contributed by atoms with Crippen molar-refractivity contribution < 1.29 is 4.92 Å². The van der Waals surface area contributed by atoms with Crippen LogP contribution < -0.4 is 5.73 Å². The zero-order valence-corrected chi connectivity index (χ0v) is 12.2. The van der Waals surface area contributed by atoms with Gasteiger partial charge in [0.15, 0.2) is 0 Å². The Kier molecular flexibility index (Phi) is 4.76. The number of hydrogen-bond donors (Lipinski definition) is 1. The summed E-state index contributed by atoms with van der Waals surface area (Å²) in [6.45, 7) is 2.98. The Bertz CT molecular complexity index is 475. The summed E-state index contributed by atoms with van der Waals surface area (Å²) < 4.78 is 0. The highest BCUT2D eigenvalue weighted by atomic mass is 16.6. The number of hydrogen-bond acceptors (Lipinski definition) is 3. The van der Waals surface area contributed by atoms with Gasteiger partial charge in [0.1, 0.15) is 0 Å². The highest BCUT2D eigenvalue weighted by molar-refractivity contribution is 5.39. The van der Waals surface area contributed by atoms with Crippen molar-refractivity contribution in [3.8, 4) is 0 Å².